The molecule has 11 heteroatoms. The van der Waals surface area contributed by atoms with E-state index in [0.29, 0.717) is 37.4 Å². The van der Waals surface area contributed by atoms with Crippen molar-refractivity contribution < 1.29 is 22.7 Å². The number of hydrazine groups is 1. The van der Waals surface area contributed by atoms with E-state index in [-0.39, 0.29) is 23.1 Å². The van der Waals surface area contributed by atoms with Crippen molar-refractivity contribution in [1.29, 1.82) is 0 Å². The van der Waals surface area contributed by atoms with Crippen LogP contribution in [0.5, 0.6) is 0 Å². The van der Waals surface area contributed by atoms with Gasteiger partial charge in [0.2, 0.25) is 0 Å². The monoisotopic (exact) mass is 540 g/mol. The lowest BCUT2D eigenvalue weighted by Gasteiger charge is -2.42. The zero-order valence-corrected chi connectivity index (χ0v) is 22.0. The fourth-order valence-corrected chi connectivity index (χ4v) is 5.98. The van der Waals surface area contributed by atoms with Gasteiger partial charge in [0, 0.05) is 56.3 Å². The summed E-state index contributed by atoms with van der Waals surface area (Å²) in [7, 11) is 1.88. The summed E-state index contributed by atoms with van der Waals surface area (Å²) in [5.41, 5.74) is 1.14. The number of anilines is 1. The Hall–Kier alpha value is -3.28. The van der Waals surface area contributed by atoms with Crippen LogP contribution in [0.1, 0.15) is 51.8 Å². The van der Waals surface area contributed by atoms with E-state index in [9.17, 15) is 18.0 Å². The molecule has 0 aliphatic carbocycles. The molecular weight excluding hydrogens is 509 g/mol. The first-order valence-electron chi connectivity index (χ1n) is 13.2. The van der Waals surface area contributed by atoms with Crippen molar-refractivity contribution in [2.24, 2.45) is 7.05 Å². The van der Waals surface area contributed by atoms with E-state index in [1.54, 1.807) is 18.5 Å². The molecule has 0 saturated carbocycles. The molecule has 8 nitrogen and oxygen atoms in total. The molecule has 0 spiro atoms. The number of nitrogens with zero attached hydrogens (tertiary/aromatic N) is 6. The van der Waals surface area contributed by atoms with Crippen LogP contribution < -0.4 is 4.90 Å². The SMILES string of the molecule is CCN1CCCN1Cc1cc2c(c(C(F)(F)F)c1)CN(c1cccc(C3(Cc4nncn4C)COC3)c1)C2=O. The van der Waals surface area contributed by atoms with Crippen LogP contribution in [0.25, 0.3) is 0 Å². The first-order chi connectivity index (χ1) is 18.7. The molecule has 2 saturated heterocycles. The largest absolute Gasteiger partial charge is 0.416 e. The highest BCUT2D eigenvalue weighted by Gasteiger charge is 2.43. The van der Waals surface area contributed by atoms with Crippen molar-refractivity contribution >= 4 is 11.6 Å². The maximum atomic E-state index is 14.2. The number of amides is 1. The fraction of sp³-hybridized carbons (Fsp3) is 0.464. The highest BCUT2D eigenvalue weighted by molar-refractivity contribution is 6.10. The number of aromatic nitrogens is 3. The molecule has 0 radical (unpaired) electrons. The topological polar surface area (TPSA) is 66.7 Å². The number of carbonyl (C=O) groups excluding carboxylic acids is 1. The molecule has 3 aromatic rings. The Morgan fingerprint density at radius 3 is 2.56 bits per heavy atom. The number of alkyl halides is 3. The molecule has 1 amide bonds. The van der Waals surface area contributed by atoms with Crippen LogP contribution in [0.2, 0.25) is 0 Å². The third-order valence-corrected chi connectivity index (χ3v) is 8.20. The molecule has 0 N–H and O–H groups in total. The summed E-state index contributed by atoms with van der Waals surface area (Å²) in [5, 5.41) is 12.4. The molecular formula is C28H31F3N6O2. The third kappa shape index (κ3) is 4.62. The maximum Gasteiger partial charge on any atom is 0.416 e. The van der Waals surface area contributed by atoms with Crippen LogP contribution >= 0.6 is 0 Å². The average molecular weight is 541 g/mol. The zero-order chi connectivity index (χ0) is 27.4. The minimum absolute atomic E-state index is 0.0381. The standard InChI is InChI=1S/C28H31F3N6O2/c1-3-35-8-5-9-36(35)14-19-10-22-23(24(11-19)28(29,30)31)15-37(26(22)38)21-7-4-6-20(12-21)27(16-39-17-27)13-25-33-32-18-34(25)2/h4,6-7,10-12,18H,3,5,8-9,13-17H2,1-2H3. The molecule has 6 rings (SSSR count). The Balaban J connectivity index is 1.32. The van der Waals surface area contributed by atoms with E-state index in [2.05, 4.69) is 20.2 Å². The molecule has 3 aliphatic rings. The summed E-state index contributed by atoms with van der Waals surface area (Å²) in [6.45, 7) is 5.71. The molecule has 0 bridgehead atoms. The van der Waals surface area contributed by atoms with Gasteiger partial charge in [0.05, 0.1) is 25.3 Å². The normalized spacial score (nSPS) is 19.5. The van der Waals surface area contributed by atoms with E-state index >= 15 is 0 Å². The Morgan fingerprint density at radius 1 is 1.10 bits per heavy atom. The molecule has 4 heterocycles. The first kappa shape index (κ1) is 26.0. The quantitative estimate of drug-likeness (QED) is 0.452. The van der Waals surface area contributed by atoms with Gasteiger partial charge in [0.1, 0.15) is 12.2 Å². The van der Waals surface area contributed by atoms with Crippen molar-refractivity contribution in [3.63, 3.8) is 0 Å². The number of benzene rings is 2. The number of ether oxygens (including phenoxy) is 1. The van der Waals surface area contributed by atoms with Crippen molar-refractivity contribution in [2.75, 3.05) is 37.7 Å². The van der Waals surface area contributed by atoms with Crippen molar-refractivity contribution in [3.8, 4) is 0 Å². The van der Waals surface area contributed by atoms with Gasteiger partial charge < -0.3 is 14.2 Å². The summed E-state index contributed by atoms with van der Waals surface area (Å²) < 4.78 is 50.2. The molecule has 39 heavy (non-hydrogen) atoms. The third-order valence-electron chi connectivity index (χ3n) is 8.20. The van der Waals surface area contributed by atoms with Crippen molar-refractivity contribution in [3.05, 3.63) is 76.4 Å². The van der Waals surface area contributed by atoms with E-state index in [1.165, 1.54) is 11.0 Å². The van der Waals surface area contributed by atoms with Gasteiger partial charge in [-0.3, -0.25) is 4.79 Å². The van der Waals surface area contributed by atoms with Gasteiger partial charge in [0.15, 0.2) is 0 Å². The summed E-state index contributed by atoms with van der Waals surface area (Å²) in [6, 6.07) is 10.4. The highest BCUT2D eigenvalue weighted by Crippen LogP contribution is 2.42. The second kappa shape index (κ2) is 9.72. The number of rotatable bonds is 7. The molecule has 2 fully saturated rings. The van der Waals surface area contributed by atoms with E-state index in [1.807, 2.05) is 36.7 Å². The Kier molecular flexibility index (Phi) is 6.47. The van der Waals surface area contributed by atoms with Crippen molar-refractivity contribution in [1.82, 2.24) is 24.8 Å². The van der Waals surface area contributed by atoms with Crippen LogP contribution in [0.3, 0.4) is 0 Å². The van der Waals surface area contributed by atoms with Gasteiger partial charge in [-0.15, -0.1) is 10.2 Å². The molecule has 206 valence electrons. The second-order valence-electron chi connectivity index (χ2n) is 10.7. The maximum absolute atomic E-state index is 14.2. The number of fused-ring (bicyclic) bond motifs is 1. The zero-order valence-electron chi connectivity index (χ0n) is 22.0. The number of hydrogen-bond acceptors (Lipinski definition) is 6. The lowest BCUT2D eigenvalue weighted by molar-refractivity contribution is -0.138. The molecule has 1 aromatic heterocycles. The van der Waals surface area contributed by atoms with Gasteiger partial charge in [-0.25, -0.2) is 10.0 Å². The highest BCUT2D eigenvalue weighted by atomic mass is 19.4. The van der Waals surface area contributed by atoms with Crippen LogP contribution in [-0.4, -0.2) is 63.5 Å². The number of halogens is 3. The predicted octanol–water partition coefficient (Wildman–Crippen LogP) is 3.95. The Labute approximate surface area is 224 Å². The van der Waals surface area contributed by atoms with Gasteiger partial charge in [-0.2, -0.15) is 13.2 Å². The minimum Gasteiger partial charge on any atom is -0.379 e. The lowest BCUT2D eigenvalue weighted by Crippen LogP contribution is -2.49. The fourth-order valence-electron chi connectivity index (χ4n) is 5.98. The Bertz CT molecular complexity index is 1400. The van der Waals surface area contributed by atoms with E-state index in [0.717, 1.165) is 37.4 Å². The second-order valence-corrected chi connectivity index (χ2v) is 10.7. The Morgan fingerprint density at radius 2 is 1.90 bits per heavy atom. The van der Waals surface area contributed by atoms with E-state index < -0.39 is 17.6 Å². The number of carbonyl (C=O) groups is 1. The smallest absolute Gasteiger partial charge is 0.379 e. The molecule has 2 aromatic carbocycles. The average Bonchev–Trinajstić information content (AvgIpc) is 3.59. The van der Waals surface area contributed by atoms with Crippen LogP contribution in [0.15, 0.2) is 42.7 Å². The summed E-state index contributed by atoms with van der Waals surface area (Å²) in [5.74, 6) is 0.408. The molecule has 0 atom stereocenters. The molecule has 0 unspecified atom stereocenters. The first-order valence-corrected chi connectivity index (χ1v) is 13.2. The minimum atomic E-state index is -4.56. The van der Waals surface area contributed by atoms with Gasteiger partial charge >= 0.3 is 6.18 Å². The lowest BCUT2D eigenvalue weighted by atomic mass is 9.75. The van der Waals surface area contributed by atoms with Gasteiger partial charge in [-0.05, 0) is 47.4 Å². The summed E-state index contributed by atoms with van der Waals surface area (Å²) in [4.78, 5) is 15.1. The predicted molar refractivity (Wildman–Crippen MR) is 138 cm³/mol. The number of hydrogen-bond donors (Lipinski definition) is 0. The van der Waals surface area contributed by atoms with E-state index in [4.69, 9.17) is 4.74 Å². The number of aryl methyl sites for hydroxylation is 1. The summed E-state index contributed by atoms with van der Waals surface area (Å²) >= 11 is 0. The van der Waals surface area contributed by atoms with Gasteiger partial charge in [0.25, 0.3) is 5.91 Å². The van der Waals surface area contributed by atoms with Crippen LogP contribution in [-0.2, 0) is 42.9 Å². The van der Waals surface area contributed by atoms with Crippen molar-refractivity contribution in [2.45, 2.75) is 44.4 Å². The summed E-state index contributed by atoms with van der Waals surface area (Å²) in [6.07, 6.45) is -1.34. The van der Waals surface area contributed by atoms with Gasteiger partial charge in [-0.1, -0.05) is 19.1 Å². The van der Waals surface area contributed by atoms with Crippen LogP contribution in [0.4, 0.5) is 18.9 Å². The van der Waals surface area contributed by atoms with Crippen LogP contribution in [0, 0.1) is 0 Å². The molecule has 3 aliphatic heterocycles.